The minimum Gasteiger partial charge on any atom is -0.376 e. The summed E-state index contributed by atoms with van der Waals surface area (Å²) in [5.74, 6) is 0. The molecule has 0 spiro atoms. The van der Waals surface area contributed by atoms with Crippen LogP contribution in [0.5, 0.6) is 0 Å². The molecule has 2 aromatic rings. The molecule has 2 heterocycles. The lowest BCUT2D eigenvalue weighted by Crippen LogP contribution is -2.45. The van der Waals surface area contributed by atoms with Gasteiger partial charge < -0.3 is 24.8 Å². The summed E-state index contributed by atoms with van der Waals surface area (Å²) in [5, 5.41) is 5.05. The number of aromatic amines is 1. The quantitative estimate of drug-likeness (QED) is 0.693. The van der Waals surface area contributed by atoms with Gasteiger partial charge in [-0.15, -0.1) is 0 Å². The van der Waals surface area contributed by atoms with E-state index >= 15 is 0 Å². The van der Waals surface area contributed by atoms with E-state index in [0.717, 1.165) is 49.0 Å². The predicted octanol–water partition coefficient (Wildman–Crippen LogP) is 2.25. The molecule has 7 heteroatoms. The van der Waals surface area contributed by atoms with Crippen LogP contribution in [0.4, 0.5) is 0 Å². The van der Waals surface area contributed by atoms with E-state index in [4.69, 9.17) is 17.0 Å². The molecule has 1 saturated heterocycles. The van der Waals surface area contributed by atoms with Gasteiger partial charge in [0.1, 0.15) is 0 Å². The highest BCUT2D eigenvalue weighted by atomic mass is 32.1. The number of aryl methyl sites for hydroxylation is 1. The van der Waals surface area contributed by atoms with E-state index in [9.17, 15) is 4.79 Å². The molecule has 28 heavy (non-hydrogen) atoms. The SMILES string of the molecule is Cc1ccc2[nH]c(=O)c(CN(CCN(C)C)C(=S)NCC3CCCO3)cc2c1. The molecule has 1 aliphatic rings. The lowest BCUT2D eigenvalue weighted by Gasteiger charge is -2.28. The first-order chi connectivity index (χ1) is 13.4. The Labute approximate surface area is 171 Å². The van der Waals surface area contributed by atoms with Crippen molar-refractivity contribution >= 4 is 28.2 Å². The summed E-state index contributed by atoms with van der Waals surface area (Å²) >= 11 is 5.65. The largest absolute Gasteiger partial charge is 0.376 e. The number of nitrogens with one attached hydrogen (secondary N) is 2. The number of nitrogens with zero attached hydrogens (tertiary/aromatic N) is 2. The van der Waals surface area contributed by atoms with Crippen molar-refractivity contribution < 1.29 is 4.74 Å². The summed E-state index contributed by atoms with van der Waals surface area (Å²) in [6.45, 7) is 5.67. The van der Waals surface area contributed by atoms with Gasteiger partial charge in [0.05, 0.1) is 12.6 Å². The van der Waals surface area contributed by atoms with Crippen molar-refractivity contribution in [2.45, 2.75) is 32.4 Å². The van der Waals surface area contributed by atoms with Crippen LogP contribution in [0, 0.1) is 6.92 Å². The van der Waals surface area contributed by atoms with Gasteiger partial charge in [0.25, 0.3) is 5.56 Å². The first-order valence-electron chi connectivity index (χ1n) is 9.84. The second-order valence-corrected chi connectivity index (χ2v) is 8.15. The minimum atomic E-state index is -0.0619. The van der Waals surface area contributed by atoms with Gasteiger partial charge >= 0.3 is 0 Å². The van der Waals surface area contributed by atoms with Crippen molar-refractivity contribution in [2.75, 3.05) is 40.3 Å². The first-order valence-corrected chi connectivity index (χ1v) is 10.2. The maximum Gasteiger partial charge on any atom is 0.253 e. The smallest absolute Gasteiger partial charge is 0.253 e. The molecule has 1 unspecified atom stereocenters. The van der Waals surface area contributed by atoms with Crippen LogP contribution < -0.4 is 10.9 Å². The van der Waals surface area contributed by atoms with Crippen molar-refractivity contribution in [2.24, 2.45) is 0 Å². The predicted molar refractivity (Wildman–Crippen MR) is 118 cm³/mol. The van der Waals surface area contributed by atoms with Crippen molar-refractivity contribution in [3.05, 3.63) is 45.7 Å². The molecule has 0 aliphatic carbocycles. The van der Waals surface area contributed by atoms with Gasteiger partial charge in [-0.1, -0.05) is 11.6 Å². The molecule has 0 radical (unpaired) electrons. The molecule has 0 bridgehead atoms. The molecule has 6 nitrogen and oxygen atoms in total. The van der Waals surface area contributed by atoms with Gasteiger partial charge in [-0.05, 0) is 69.7 Å². The number of likely N-dealkylation sites (N-methyl/N-ethyl adjacent to an activating group) is 1. The molecule has 1 aliphatic heterocycles. The number of hydrogen-bond acceptors (Lipinski definition) is 4. The molecule has 3 rings (SSSR count). The third-order valence-corrected chi connectivity index (χ3v) is 5.45. The standard InChI is InChI=1S/C21H30N4O2S/c1-15-6-7-19-16(11-15)12-17(20(26)23-19)14-25(9-8-24(2)3)21(28)22-13-18-5-4-10-27-18/h6-7,11-12,18H,4-5,8-10,13-14H2,1-3H3,(H,22,28)(H,23,26). The average molecular weight is 403 g/mol. The van der Waals surface area contributed by atoms with E-state index in [1.54, 1.807) is 0 Å². The number of pyridine rings is 1. The van der Waals surface area contributed by atoms with Gasteiger partial charge in [-0.25, -0.2) is 0 Å². The summed E-state index contributed by atoms with van der Waals surface area (Å²) in [4.78, 5) is 19.8. The van der Waals surface area contributed by atoms with Crippen LogP contribution in [0.3, 0.4) is 0 Å². The monoisotopic (exact) mass is 402 g/mol. The van der Waals surface area contributed by atoms with Gasteiger partial charge in [0.15, 0.2) is 5.11 Å². The Morgan fingerprint density at radius 2 is 2.14 bits per heavy atom. The maximum atomic E-state index is 12.6. The third kappa shape index (κ3) is 5.53. The molecule has 1 fully saturated rings. The topological polar surface area (TPSA) is 60.6 Å². The summed E-state index contributed by atoms with van der Waals surface area (Å²) < 4.78 is 5.67. The molecule has 1 aromatic carbocycles. The Bertz CT molecular complexity index is 874. The zero-order chi connectivity index (χ0) is 20.1. The van der Waals surface area contributed by atoms with E-state index in [-0.39, 0.29) is 11.7 Å². The van der Waals surface area contributed by atoms with Crippen LogP contribution >= 0.6 is 12.2 Å². The normalized spacial score (nSPS) is 16.6. The number of benzene rings is 1. The second-order valence-electron chi connectivity index (χ2n) is 7.76. The van der Waals surface area contributed by atoms with E-state index in [0.29, 0.717) is 18.2 Å². The highest BCUT2D eigenvalue weighted by molar-refractivity contribution is 7.80. The van der Waals surface area contributed by atoms with E-state index in [1.165, 1.54) is 5.56 Å². The number of hydrogen-bond donors (Lipinski definition) is 2. The zero-order valence-corrected chi connectivity index (χ0v) is 17.8. The fourth-order valence-electron chi connectivity index (χ4n) is 3.39. The Morgan fingerprint density at radius 1 is 1.32 bits per heavy atom. The molecule has 0 amide bonds. The Balaban J connectivity index is 1.75. The second kappa shape index (κ2) is 9.49. The zero-order valence-electron chi connectivity index (χ0n) is 17.0. The van der Waals surface area contributed by atoms with E-state index < -0.39 is 0 Å². The average Bonchev–Trinajstić information content (AvgIpc) is 3.17. The Kier molecular flexibility index (Phi) is 7.04. The van der Waals surface area contributed by atoms with E-state index in [1.807, 2.05) is 32.3 Å². The highest BCUT2D eigenvalue weighted by Gasteiger charge is 2.18. The number of thiocarbonyl (C=S) groups is 1. The van der Waals surface area contributed by atoms with Crippen molar-refractivity contribution in [1.82, 2.24) is 20.1 Å². The van der Waals surface area contributed by atoms with Crippen molar-refractivity contribution in [3.63, 3.8) is 0 Å². The molecule has 0 saturated carbocycles. The summed E-state index contributed by atoms with van der Waals surface area (Å²) in [6, 6.07) is 8.03. The van der Waals surface area contributed by atoms with Crippen LogP contribution in [0.25, 0.3) is 10.9 Å². The number of fused-ring (bicyclic) bond motifs is 1. The molecule has 1 atom stereocenters. The molecule has 2 N–H and O–H groups in total. The number of aromatic nitrogens is 1. The van der Waals surface area contributed by atoms with Gasteiger partial charge in [-0.3, -0.25) is 4.79 Å². The summed E-state index contributed by atoms with van der Waals surface area (Å²) in [5.41, 5.74) is 2.69. The van der Waals surface area contributed by atoms with Crippen LogP contribution in [-0.4, -0.2) is 66.3 Å². The number of ether oxygens (including phenoxy) is 1. The van der Waals surface area contributed by atoms with Crippen LogP contribution in [0.15, 0.2) is 29.1 Å². The van der Waals surface area contributed by atoms with Gasteiger partial charge in [0, 0.05) is 37.3 Å². The van der Waals surface area contributed by atoms with Crippen LogP contribution in [0.1, 0.15) is 24.0 Å². The molecular formula is C21H30N4O2S. The van der Waals surface area contributed by atoms with Gasteiger partial charge in [-0.2, -0.15) is 0 Å². The van der Waals surface area contributed by atoms with Crippen LogP contribution in [0.2, 0.25) is 0 Å². The number of rotatable bonds is 7. The van der Waals surface area contributed by atoms with Crippen molar-refractivity contribution in [1.29, 1.82) is 0 Å². The summed E-state index contributed by atoms with van der Waals surface area (Å²) in [6.07, 6.45) is 2.40. The minimum absolute atomic E-state index is 0.0619. The first kappa shape index (κ1) is 20.8. The maximum absolute atomic E-state index is 12.6. The lowest BCUT2D eigenvalue weighted by atomic mass is 10.1. The molecule has 1 aromatic heterocycles. The third-order valence-electron chi connectivity index (χ3n) is 5.05. The number of H-pyrrole nitrogens is 1. The fraction of sp³-hybridized carbons (Fsp3) is 0.524. The molecule has 152 valence electrons. The summed E-state index contributed by atoms with van der Waals surface area (Å²) in [7, 11) is 4.07. The van der Waals surface area contributed by atoms with E-state index in [2.05, 4.69) is 33.1 Å². The highest BCUT2D eigenvalue weighted by Crippen LogP contribution is 2.15. The Hall–Kier alpha value is -1.96. The van der Waals surface area contributed by atoms with Crippen molar-refractivity contribution in [3.8, 4) is 0 Å². The Morgan fingerprint density at radius 3 is 2.86 bits per heavy atom. The van der Waals surface area contributed by atoms with Gasteiger partial charge in [0.2, 0.25) is 0 Å². The fourth-order valence-corrected chi connectivity index (χ4v) is 3.62. The van der Waals surface area contributed by atoms with Crippen LogP contribution in [-0.2, 0) is 11.3 Å². The lowest BCUT2D eigenvalue weighted by molar-refractivity contribution is 0.113. The molecular weight excluding hydrogens is 372 g/mol.